The Bertz CT molecular complexity index is 1280. The predicted molar refractivity (Wildman–Crippen MR) is 157 cm³/mol. The fourth-order valence-electron chi connectivity index (χ4n) is 3.35. The molecule has 0 aliphatic rings. The van der Waals surface area contributed by atoms with Crippen LogP contribution in [0.5, 0.6) is 5.75 Å². The highest BCUT2D eigenvalue weighted by Crippen LogP contribution is 2.22. The summed E-state index contributed by atoms with van der Waals surface area (Å²) in [5, 5.41) is 0. The molecule has 0 atom stereocenters. The number of hydrogen-bond donors (Lipinski definition) is 2. The molecule has 7 nitrogen and oxygen atoms in total. The fourth-order valence-corrected chi connectivity index (χ4v) is 3.35. The third-order valence-electron chi connectivity index (χ3n) is 5.12. The van der Waals surface area contributed by atoms with E-state index in [2.05, 4.69) is 63.8 Å². The Hall–Kier alpha value is -4.78. The van der Waals surface area contributed by atoms with Crippen LogP contribution >= 0.6 is 0 Å². The molecule has 0 saturated carbocycles. The number of allylic oxidation sites excluding steroid dienone is 5. The lowest BCUT2D eigenvalue weighted by molar-refractivity contribution is -0.115. The van der Waals surface area contributed by atoms with E-state index in [0.717, 1.165) is 41.7 Å². The highest BCUT2D eigenvalue weighted by molar-refractivity contribution is 6.01. The smallest absolute Gasteiger partial charge is 0.214 e. The number of methoxy groups -OCH3 is 1. The number of amides is 1. The zero-order valence-electron chi connectivity index (χ0n) is 22.0. The summed E-state index contributed by atoms with van der Waals surface area (Å²) in [6, 6.07) is 22.2. The lowest BCUT2D eigenvalue weighted by Crippen LogP contribution is -2.02. The van der Waals surface area contributed by atoms with Gasteiger partial charge in [0.25, 0.3) is 0 Å². The minimum atomic E-state index is -0.333. The minimum absolute atomic E-state index is 0.323. The van der Waals surface area contributed by atoms with E-state index in [1.807, 2.05) is 48.5 Å². The average molecular weight is 510 g/mol. The van der Waals surface area contributed by atoms with Gasteiger partial charge in [-0.1, -0.05) is 60.7 Å². The van der Waals surface area contributed by atoms with Crippen molar-refractivity contribution in [1.29, 1.82) is 0 Å². The van der Waals surface area contributed by atoms with Crippen molar-refractivity contribution in [1.82, 2.24) is 4.98 Å². The maximum absolute atomic E-state index is 9.22. The van der Waals surface area contributed by atoms with Crippen molar-refractivity contribution < 1.29 is 9.53 Å². The van der Waals surface area contributed by atoms with E-state index in [1.165, 1.54) is 12.5 Å². The largest absolute Gasteiger partial charge is 0.497 e. The van der Waals surface area contributed by atoms with Crippen molar-refractivity contribution in [3.05, 3.63) is 126 Å². The van der Waals surface area contributed by atoms with E-state index < -0.39 is 0 Å². The van der Waals surface area contributed by atoms with Crippen LogP contribution in [-0.2, 0) is 11.2 Å². The lowest BCUT2D eigenvalue weighted by Gasteiger charge is -2.06. The number of unbranched alkanes of at least 4 members (excludes halogenated alkanes) is 1. The number of nitrogens with two attached hydrogens (primary N) is 2. The molecule has 1 amide bonds. The Morgan fingerprint density at radius 1 is 1.03 bits per heavy atom. The summed E-state index contributed by atoms with van der Waals surface area (Å²) in [5.74, 6) is 1.21. The van der Waals surface area contributed by atoms with Gasteiger partial charge in [-0.25, -0.2) is 9.98 Å². The van der Waals surface area contributed by atoms with Gasteiger partial charge in [0.05, 0.1) is 7.11 Å². The molecule has 3 aromatic rings. The van der Waals surface area contributed by atoms with Crippen LogP contribution in [0.25, 0.3) is 5.57 Å². The van der Waals surface area contributed by atoms with Gasteiger partial charge < -0.3 is 16.2 Å². The highest BCUT2D eigenvalue weighted by atomic mass is 16.5. The summed E-state index contributed by atoms with van der Waals surface area (Å²) >= 11 is 0. The fraction of sp³-hybridized carbons (Fsp3) is 0.161. The number of primary amides is 1. The van der Waals surface area contributed by atoms with Crippen molar-refractivity contribution in [3.8, 4) is 5.75 Å². The number of hydrogen-bond acceptors (Lipinski definition) is 5. The van der Waals surface area contributed by atoms with Crippen LogP contribution in [0.3, 0.4) is 0 Å². The molecular weight excluding hydrogens is 474 g/mol. The first-order valence-corrected chi connectivity index (χ1v) is 12.2. The van der Waals surface area contributed by atoms with E-state index in [9.17, 15) is 4.79 Å². The van der Waals surface area contributed by atoms with E-state index >= 15 is 0 Å². The first-order valence-electron chi connectivity index (χ1n) is 12.2. The molecule has 0 radical (unpaired) electrons. The first-order chi connectivity index (χ1) is 18.4. The van der Waals surface area contributed by atoms with Crippen molar-refractivity contribution in [2.45, 2.75) is 26.2 Å². The second kappa shape index (κ2) is 16.8. The van der Waals surface area contributed by atoms with Crippen molar-refractivity contribution in [2.75, 3.05) is 7.11 Å². The number of carbonyl (C=O) groups excluding carboxylic acids is 1. The van der Waals surface area contributed by atoms with Gasteiger partial charge in [-0.2, -0.15) is 0 Å². The zero-order valence-corrected chi connectivity index (χ0v) is 22.0. The van der Waals surface area contributed by atoms with Crippen LogP contribution in [0.2, 0.25) is 0 Å². The van der Waals surface area contributed by atoms with E-state index in [4.69, 9.17) is 10.5 Å². The molecule has 7 heteroatoms. The summed E-state index contributed by atoms with van der Waals surface area (Å²) in [7, 11) is 1.66. The van der Waals surface area contributed by atoms with Crippen molar-refractivity contribution in [2.24, 2.45) is 21.5 Å². The van der Waals surface area contributed by atoms with Crippen LogP contribution < -0.4 is 16.2 Å². The second-order valence-electron chi connectivity index (χ2n) is 8.17. The molecular formula is C31H35N5O2. The van der Waals surface area contributed by atoms with Gasteiger partial charge in [-0.15, -0.1) is 0 Å². The summed E-state index contributed by atoms with van der Waals surface area (Å²) in [5.41, 5.74) is 14.8. The van der Waals surface area contributed by atoms with E-state index in [0.29, 0.717) is 11.7 Å². The second-order valence-corrected chi connectivity index (χ2v) is 8.17. The Morgan fingerprint density at radius 3 is 2.42 bits per heavy atom. The van der Waals surface area contributed by atoms with Gasteiger partial charge in [0.15, 0.2) is 5.84 Å². The van der Waals surface area contributed by atoms with Crippen molar-refractivity contribution >= 4 is 24.0 Å². The predicted octanol–water partition coefficient (Wildman–Crippen LogP) is 5.49. The molecule has 4 N–H and O–H groups in total. The minimum Gasteiger partial charge on any atom is -0.497 e. The number of aryl methyl sites for hydroxylation is 1. The summed E-state index contributed by atoms with van der Waals surface area (Å²) in [6.45, 7) is 4.91. The number of carbonyl (C=O) groups is 1. The molecule has 2 aromatic carbocycles. The molecule has 1 heterocycles. The topological polar surface area (TPSA) is 116 Å². The average Bonchev–Trinajstić information content (AvgIpc) is 2.94. The van der Waals surface area contributed by atoms with Crippen LogP contribution in [-0.4, -0.2) is 30.6 Å². The molecule has 0 fully saturated rings. The lowest BCUT2D eigenvalue weighted by atomic mass is 10.0. The summed E-state index contributed by atoms with van der Waals surface area (Å²) < 4.78 is 5.40. The molecule has 3 rings (SSSR count). The van der Waals surface area contributed by atoms with Crippen LogP contribution in [0.1, 0.15) is 36.5 Å². The maximum Gasteiger partial charge on any atom is 0.214 e. The third kappa shape index (κ3) is 11.3. The molecule has 0 aliphatic carbocycles. The van der Waals surface area contributed by atoms with Gasteiger partial charge in [-0.05, 0) is 73.0 Å². The SMILES string of the molecule is C=N\C(=N/C(N)=C/C=C(\C=C\CCCc1ccccc1)c1cccc(OC)c1)c1cccnc1.CC(N)=O. The number of amidine groups is 1. The van der Waals surface area contributed by atoms with Gasteiger partial charge in [-0.3, -0.25) is 9.78 Å². The summed E-state index contributed by atoms with van der Waals surface area (Å²) in [4.78, 5) is 21.7. The Balaban J connectivity index is 0.00000118. The number of aliphatic imine (C=N–C) groups is 2. The van der Waals surface area contributed by atoms with Crippen LogP contribution in [0, 0.1) is 0 Å². The molecule has 0 saturated heterocycles. The van der Waals surface area contributed by atoms with Crippen molar-refractivity contribution in [3.63, 3.8) is 0 Å². The monoisotopic (exact) mass is 509 g/mol. The van der Waals surface area contributed by atoms with Gasteiger partial charge >= 0.3 is 0 Å². The number of ether oxygens (including phenoxy) is 1. The van der Waals surface area contributed by atoms with Crippen LogP contribution in [0.15, 0.2) is 119 Å². The quantitative estimate of drug-likeness (QED) is 0.163. The Kier molecular flexibility index (Phi) is 13.0. The molecule has 0 unspecified atom stereocenters. The standard InChI is InChI=1S/C29H30N4O.C2H5NO/c1-31-29(26-16-10-20-32-22-26)33-28(30)19-18-24(25-15-9-17-27(21-25)34-2)14-8-4-7-13-23-11-5-3-6-12-23;1-2(3)4/h3,5-6,8-12,14-22H,1,4,7,13,30H2,2H3;1H3,(H2,3,4)/b14-8+,24-18+,28-19+,33-29-;. The molecule has 0 spiro atoms. The molecule has 196 valence electrons. The van der Waals surface area contributed by atoms with Gasteiger partial charge in [0.1, 0.15) is 11.6 Å². The highest BCUT2D eigenvalue weighted by Gasteiger charge is 2.02. The Labute approximate surface area is 225 Å². The van der Waals surface area contributed by atoms with Crippen LogP contribution in [0.4, 0.5) is 0 Å². The van der Waals surface area contributed by atoms with Gasteiger partial charge in [0.2, 0.25) is 5.91 Å². The number of rotatable bonds is 10. The number of benzene rings is 2. The summed E-state index contributed by atoms with van der Waals surface area (Å²) in [6.07, 6.45) is 14.5. The first kappa shape index (κ1) is 29.5. The third-order valence-corrected chi connectivity index (χ3v) is 5.12. The maximum atomic E-state index is 9.22. The van der Waals surface area contributed by atoms with E-state index in [-0.39, 0.29) is 5.91 Å². The molecule has 0 bridgehead atoms. The van der Waals surface area contributed by atoms with E-state index in [1.54, 1.807) is 25.6 Å². The van der Waals surface area contributed by atoms with Gasteiger partial charge in [0, 0.05) is 24.9 Å². The molecule has 1 aromatic heterocycles. The Morgan fingerprint density at radius 2 is 1.76 bits per heavy atom. The molecule has 38 heavy (non-hydrogen) atoms. The molecule has 0 aliphatic heterocycles. The number of pyridine rings is 1. The number of nitrogens with zero attached hydrogens (tertiary/aromatic N) is 3. The normalized spacial score (nSPS) is 12.0. The number of aromatic nitrogens is 1. The zero-order chi connectivity index (χ0) is 27.6.